The van der Waals surface area contributed by atoms with E-state index < -0.39 is 0 Å². The van der Waals surface area contributed by atoms with Gasteiger partial charge in [-0.2, -0.15) is 0 Å². The molecule has 0 saturated carbocycles. The topological polar surface area (TPSA) is 55.8 Å². The molecule has 0 radical (unpaired) electrons. The molecule has 1 aromatic heterocycles. The zero-order chi connectivity index (χ0) is 22.0. The third-order valence-corrected chi connectivity index (χ3v) is 5.71. The summed E-state index contributed by atoms with van der Waals surface area (Å²) in [5.74, 6) is 1.76. The molecule has 1 N–H and O–H groups in total. The van der Waals surface area contributed by atoms with E-state index in [9.17, 15) is 0 Å². The molecule has 0 bridgehead atoms. The van der Waals surface area contributed by atoms with Crippen molar-refractivity contribution in [2.24, 2.45) is 0 Å². The number of pyridine rings is 1. The van der Waals surface area contributed by atoms with Crippen LogP contribution in [0.2, 0.25) is 0 Å². The van der Waals surface area contributed by atoms with Gasteiger partial charge in [-0.15, -0.1) is 0 Å². The Labute approximate surface area is 190 Å². The molecule has 32 heavy (non-hydrogen) atoms. The first-order valence-electron chi connectivity index (χ1n) is 11.1. The predicted molar refractivity (Wildman–Crippen MR) is 125 cm³/mol. The standard InChI is InChI=1S/C26H31N3O3/c1-30-24-11-9-21(10-12-24)25(29-14-16-31-17-15-29)19-27-18-22-6-2-3-8-26(22)32-20-23-7-4-5-13-28-23/h2-13,25,27H,14-20H2,1H3. The van der Waals surface area contributed by atoms with Gasteiger partial charge in [0.2, 0.25) is 0 Å². The highest BCUT2D eigenvalue weighted by Crippen LogP contribution is 2.24. The van der Waals surface area contributed by atoms with Crippen LogP contribution in [0.1, 0.15) is 22.9 Å². The lowest BCUT2D eigenvalue weighted by Crippen LogP contribution is -2.42. The number of morpholine rings is 1. The summed E-state index contributed by atoms with van der Waals surface area (Å²) in [6, 6.07) is 22.7. The van der Waals surface area contributed by atoms with Crippen LogP contribution in [0.25, 0.3) is 0 Å². The number of para-hydroxylation sites is 1. The normalized spacial score (nSPS) is 15.3. The molecule has 1 saturated heterocycles. The molecular weight excluding hydrogens is 402 g/mol. The molecule has 1 fully saturated rings. The number of hydrogen-bond donors (Lipinski definition) is 1. The number of ether oxygens (including phenoxy) is 3. The lowest BCUT2D eigenvalue weighted by atomic mass is 10.0. The summed E-state index contributed by atoms with van der Waals surface area (Å²) in [6.45, 7) is 5.44. The molecule has 6 nitrogen and oxygen atoms in total. The number of nitrogens with one attached hydrogen (secondary N) is 1. The summed E-state index contributed by atoms with van der Waals surface area (Å²) >= 11 is 0. The Morgan fingerprint density at radius 3 is 2.53 bits per heavy atom. The van der Waals surface area contributed by atoms with Crippen LogP contribution in [0.3, 0.4) is 0 Å². The third kappa shape index (κ3) is 6.07. The fourth-order valence-electron chi connectivity index (χ4n) is 3.94. The second kappa shape index (κ2) is 11.6. The van der Waals surface area contributed by atoms with Crippen LogP contribution in [0.15, 0.2) is 72.9 Å². The molecule has 0 aliphatic carbocycles. The maximum absolute atomic E-state index is 6.06. The Hall–Kier alpha value is -2.93. The first-order chi connectivity index (χ1) is 15.8. The van der Waals surface area contributed by atoms with Gasteiger partial charge in [-0.3, -0.25) is 9.88 Å². The maximum Gasteiger partial charge on any atom is 0.130 e. The molecule has 1 unspecified atom stereocenters. The van der Waals surface area contributed by atoms with Crippen LogP contribution in [0.4, 0.5) is 0 Å². The minimum absolute atomic E-state index is 0.270. The first-order valence-corrected chi connectivity index (χ1v) is 11.1. The van der Waals surface area contributed by atoms with Crippen LogP contribution >= 0.6 is 0 Å². The van der Waals surface area contributed by atoms with Gasteiger partial charge in [-0.1, -0.05) is 36.4 Å². The fourth-order valence-corrected chi connectivity index (χ4v) is 3.94. The zero-order valence-corrected chi connectivity index (χ0v) is 18.6. The summed E-state index contributed by atoms with van der Waals surface area (Å²) in [5.41, 5.74) is 3.33. The van der Waals surface area contributed by atoms with Crippen molar-refractivity contribution in [3.8, 4) is 11.5 Å². The number of nitrogens with zero attached hydrogens (tertiary/aromatic N) is 2. The lowest BCUT2D eigenvalue weighted by Gasteiger charge is -2.35. The van der Waals surface area contributed by atoms with Crippen molar-refractivity contribution in [2.45, 2.75) is 19.2 Å². The highest BCUT2D eigenvalue weighted by atomic mass is 16.5. The van der Waals surface area contributed by atoms with Crippen molar-refractivity contribution in [1.29, 1.82) is 0 Å². The third-order valence-electron chi connectivity index (χ3n) is 5.71. The van der Waals surface area contributed by atoms with Gasteiger partial charge in [0.25, 0.3) is 0 Å². The fraction of sp³-hybridized carbons (Fsp3) is 0.346. The number of aromatic nitrogens is 1. The number of methoxy groups -OCH3 is 1. The molecule has 0 spiro atoms. The summed E-state index contributed by atoms with van der Waals surface area (Å²) in [4.78, 5) is 6.83. The molecule has 1 aliphatic heterocycles. The van der Waals surface area contributed by atoms with Gasteiger partial charge < -0.3 is 19.5 Å². The summed E-state index contributed by atoms with van der Waals surface area (Å²) < 4.78 is 17.0. The second-order valence-electron chi connectivity index (χ2n) is 7.79. The Bertz CT molecular complexity index is 944. The average Bonchev–Trinajstić information content (AvgIpc) is 2.87. The van der Waals surface area contributed by atoms with E-state index in [4.69, 9.17) is 14.2 Å². The van der Waals surface area contributed by atoms with Crippen molar-refractivity contribution in [3.63, 3.8) is 0 Å². The maximum atomic E-state index is 6.06. The van der Waals surface area contributed by atoms with Gasteiger partial charge in [-0.05, 0) is 35.9 Å². The molecular formula is C26H31N3O3. The quantitative estimate of drug-likeness (QED) is 0.524. The number of benzene rings is 2. The molecule has 2 heterocycles. The SMILES string of the molecule is COc1ccc(C(CNCc2ccccc2OCc2ccccn2)N2CCOCC2)cc1. The van der Waals surface area contributed by atoms with Crippen molar-refractivity contribution in [2.75, 3.05) is 40.0 Å². The second-order valence-corrected chi connectivity index (χ2v) is 7.79. The summed E-state index contributed by atoms with van der Waals surface area (Å²) in [6.07, 6.45) is 1.79. The van der Waals surface area contributed by atoms with Crippen molar-refractivity contribution in [3.05, 3.63) is 89.7 Å². The zero-order valence-electron chi connectivity index (χ0n) is 18.6. The van der Waals surface area contributed by atoms with Crippen LogP contribution in [0.5, 0.6) is 11.5 Å². The molecule has 1 atom stereocenters. The van der Waals surface area contributed by atoms with E-state index in [2.05, 4.69) is 33.4 Å². The van der Waals surface area contributed by atoms with E-state index in [-0.39, 0.29) is 6.04 Å². The van der Waals surface area contributed by atoms with Crippen LogP contribution in [-0.4, -0.2) is 49.8 Å². The molecule has 0 amide bonds. The minimum Gasteiger partial charge on any atom is -0.497 e. The molecule has 168 valence electrons. The van der Waals surface area contributed by atoms with Crippen molar-refractivity contribution >= 4 is 0 Å². The average molecular weight is 434 g/mol. The van der Waals surface area contributed by atoms with Gasteiger partial charge in [-0.25, -0.2) is 0 Å². The van der Waals surface area contributed by atoms with E-state index in [0.717, 1.165) is 62.1 Å². The van der Waals surface area contributed by atoms with E-state index >= 15 is 0 Å². The molecule has 6 heteroatoms. The highest BCUT2D eigenvalue weighted by Gasteiger charge is 2.22. The van der Waals surface area contributed by atoms with Crippen LogP contribution in [0, 0.1) is 0 Å². The van der Waals surface area contributed by atoms with E-state index in [1.165, 1.54) is 5.56 Å². The Morgan fingerprint density at radius 2 is 1.78 bits per heavy atom. The van der Waals surface area contributed by atoms with E-state index in [0.29, 0.717) is 6.61 Å². The van der Waals surface area contributed by atoms with Crippen molar-refractivity contribution < 1.29 is 14.2 Å². The van der Waals surface area contributed by atoms with Crippen LogP contribution < -0.4 is 14.8 Å². The molecule has 3 aromatic rings. The Morgan fingerprint density at radius 1 is 1.00 bits per heavy atom. The summed E-state index contributed by atoms with van der Waals surface area (Å²) in [7, 11) is 1.70. The van der Waals surface area contributed by atoms with Gasteiger partial charge in [0.15, 0.2) is 0 Å². The number of hydrogen-bond acceptors (Lipinski definition) is 6. The predicted octanol–water partition coefficient (Wildman–Crippen LogP) is 3.83. The van der Waals surface area contributed by atoms with E-state index in [1.807, 2.05) is 48.5 Å². The number of rotatable bonds is 10. The van der Waals surface area contributed by atoms with Gasteiger partial charge >= 0.3 is 0 Å². The van der Waals surface area contributed by atoms with Gasteiger partial charge in [0.05, 0.1) is 26.0 Å². The smallest absolute Gasteiger partial charge is 0.130 e. The molecule has 4 rings (SSSR count). The minimum atomic E-state index is 0.270. The molecule has 2 aromatic carbocycles. The monoisotopic (exact) mass is 433 g/mol. The van der Waals surface area contributed by atoms with Gasteiger partial charge in [0.1, 0.15) is 18.1 Å². The Balaban J connectivity index is 1.40. The summed E-state index contributed by atoms with van der Waals surface area (Å²) in [5, 5.41) is 3.66. The Kier molecular flexibility index (Phi) is 8.09. The van der Waals surface area contributed by atoms with E-state index in [1.54, 1.807) is 13.3 Å². The largest absolute Gasteiger partial charge is 0.497 e. The molecule has 1 aliphatic rings. The van der Waals surface area contributed by atoms with Crippen LogP contribution in [-0.2, 0) is 17.9 Å². The lowest BCUT2D eigenvalue weighted by molar-refractivity contribution is 0.0161. The van der Waals surface area contributed by atoms with Gasteiger partial charge in [0, 0.05) is 44.0 Å². The first kappa shape index (κ1) is 22.3. The van der Waals surface area contributed by atoms with Crippen molar-refractivity contribution in [1.82, 2.24) is 15.2 Å². The highest BCUT2D eigenvalue weighted by molar-refractivity contribution is 5.33.